The summed E-state index contributed by atoms with van der Waals surface area (Å²) in [7, 11) is 0. The molecule has 0 aliphatic rings. The Morgan fingerprint density at radius 1 is 1.46 bits per heavy atom. The van der Waals surface area contributed by atoms with Crippen LogP contribution in [-0.2, 0) is 11.2 Å². The number of carbonyl (C=O) groups is 1. The molecule has 0 aromatic carbocycles. The van der Waals surface area contributed by atoms with Crippen molar-refractivity contribution in [3.05, 3.63) is 22.4 Å². The minimum Gasteiger partial charge on any atom is -0.450 e. The van der Waals surface area contributed by atoms with E-state index < -0.39 is 6.09 Å². The van der Waals surface area contributed by atoms with Crippen molar-refractivity contribution in [1.82, 2.24) is 10.6 Å². The summed E-state index contributed by atoms with van der Waals surface area (Å²) in [4.78, 5) is 17.2. The molecular formula is C16H29IN4O2S. The molecule has 0 aliphatic heterocycles. The van der Waals surface area contributed by atoms with E-state index in [2.05, 4.69) is 40.9 Å². The van der Waals surface area contributed by atoms with E-state index in [1.807, 2.05) is 6.07 Å². The topological polar surface area (TPSA) is 88.7 Å². The molecule has 1 aromatic heterocycles. The van der Waals surface area contributed by atoms with E-state index in [1.54, 1.807) is 18.3 Å². The van der Waals surface area contributed by atoms with E-state index in [0.29, 0.717) is 25.0 Å². The highest BCUT2D eigenvalue weighted by Crippen LogP contribution is 2.08. The van der Waals surface area contributed by atoms with Crippen LogP contribution in [0.25, 0.3) is 0 Å². The monoisotopic (exact) mass is 468 g/mol. The molecule has 1 atom stereocenters. The Bertz CT molecular complexity index is 480. The molecule has 138 valence electrons. The Kier molecular flexibility index (Phi) is 12.7. The lowest BCUT2D eigenvalue weighted by Crippen LogP contribution is -2.40. The Balaban J connectivity index is 0.00000529. The minimum absolute atomic E-state index is 0. The second-order valence-electron chi connectivity index (χ2n) is 5.67. The number of amides is 1. The van der Waals surface area contributed by atoms with Crippen LogP contribution >= 0.6 is 35.3 Å². The van der Waals surface area contributed by atoms with Crippen molar-refractivity contribution >= 4 is 47.4 Å². The first-order chi connectivity index (χ1) is 11.0. The highest BCUT2D eigenvalue weighted by atomic mass is 127. The zero-order valence-corrected chi connectivity index (χ0v) is 17.7. The maximum Gasteiger partial charge on any atom is 0.407 e. The van der Waals surface area contributed by atoms with Crippen molar-refractivity contribution in [2.24, 2.45) is 16.6 Å². The van der Waals surface area contributed by atoms with Crippen LogP contribution in [0.3, 0.4) is 0 Å². The third-order valence-electron chi connectivity index (χ3n) is 3.09. The molecule has 4 N–H and O–H groups in total. The molecule has 0 radical (unpaired) electrons. The number of ether oxygens (including phenoxy) is 1. The lowest BCUT2D eigenvalue weighted by molar-refractivity contribution is 0.147. The maximum absolute atomic E-state index is 11.6. The standard InChI is InChI=1S/C16H28N4O2S.HI/c1-4-22-16(21)20-13(10-12(2)3)11-19-15(17)18-8-7-14-6-5-9-23-14;/h5-6,9,12-13H,4,7-8,10-11H2,1-3H3,(H,20,21)(H3,17,18,19);1H. The summed E-state index contributed by atoms with van der Waals surface area (Å²) in [5.74, 6) is 0.853. The average molecular weight is 468 g/mol. The Morgan fingerprint density at radius 3 is 2.79 bits per heavy atom. The van der Waals surface area contributed by atoms with E-state index in [0.717, 1.165) is 19.4 Å². The molecular weight excluding hydrogens is 439 g/mol. The van der Waals surface area contributed by atoms with Gasteiger partial charge in [0.1, 0.15) is 0 Å². The number of alkyl carbamates (subject to hydrolysis) is 1. The molecule has 1 unspecified atom stereocenters. The van der Waals surface area contributed by atoms with Crippen molar-refractivity contribution in [3.8, 4) is 0 Å². The molecule has 0 aliphatic carbocycles. The molecule has 0 spiro atoms. The van der Waals surface area contributed by atoms with Gasteiger partial charge in [-0.15, -0.1) is 35.3 Å². The van der Waals surface area contributed by atoms with Gasteiger partial charge in [0.25, 0.3) is 0 Å². The lowest BCUT2D eigenvalue weighted by atomic mass is 10.0. The van der Waals surface area contributed by atoms with E-state index in [4.69, 9.17) is 10.5 Å². The van der Waals surface area contributed by atoms with Gasteiger partial charge >= 0.3 is 6.09 Å². The average Bonchev–Trinajstić information content (AvgIpc) is 2.97. The molecule has 6 nitrogen and oxygen atoms in total. The smallest absolute Gasteiger partial charge is 0.407 e. The third-order valence-corrected chi connectivity index (χ3v) is 4.03. The number of nitrogens with two attached hydrogens (primary N) is 1. The molecule has 0 saturated heterocycles. The third kappa shape index (κ3) is 10.7. The first kappa shape index (κ1) is 23.0. The zero-order valence-electron chi connectivity index (χ0n) is 14.6. The Hall–Kier alpha value is -1.03. The van der Waals surface area contributed by atoms with Gasteiger partial charge in [-0.25, -0.2) is 4.79 Å². The highest BCUT2D eigenvalue weighted by molar-refractivity contribution is 14.0. The van der Waals surface area contributed by atoms with Crippen LogP contribution in [-0.4, -0.2) is 37.8 Å². The van der Waals surface area contributed by atoms with Crippen LogP contribution in [0, 0.1) is 5.92 Å². The fourth-order valence-electron chi connectivity index (χ4n) is 2.12. The van der Waals surface area contributed by atoms with E-state index in [-0.39, 0.29) is 30.0 Å². The molecule has 1 rings (SSSR count). The predicted molar refractivity (Wildman–Crippen MR) is 111 cm³/mol. The molecule has 0 fully saturated rings. The van der Waals surface area contributed by atoms with Crippen molar-refractivity contribution in [2.75, 3.05) is 19.7 Å². The number of nitrogens with one attached hydrogen (secondary N) is 2. The molecule has 24 heavy (non-hydrogen) atoms. The number of rotatable bonds is 9. The molecule has 8 heteroatoms. The number of hydrogen-bond acceptors (Lipinski definition) is 4. The SMILES string of the molecule is CCOC(=O)NC(CN=C(N)NCCc1cccs1)CC(C)C.I. The van der Waals surface area contributed by atoms with E-state index in [9.17, 15) is 4.79 Å². The van der Waals surface area contributed by atoms with Gasteiger partial charge in [0.15, 0.2) is 5.96 Å². The Labute approximate surface area is 165 Å². The van der Waals surface area contributed by atoms with Crippen LogP contribution < -0.4 is 16.4 Å². The van der Waals surface area contributed by atoms with E-state index >= 15 is 0 Å². The Morgan fingerprint density at radius 2 is 2.21 bits per heavy atom. The summed E-state index contributed by atoms with van der Waals surface area (Å²) in [5, 5.41) is 7.99. The first-order valence-corrected chi connectivity index (χ1v) is 8.88. The van der Waals surface area contributed by atoms with Crippen LogP contribution in [0.5, 0.6) is 0 Å². The van der Waals surface area contributed by atoms with Gasteiger partial charge < -0.3 is 21.1 Å². The van der Waals surface area contributed by atoms with Gasteiger partial charge in [-0.3, -0.25) is 4.99 Å². The van der Waals surface area contributed by atoms with Gasteiger partial charge in [0, 0.05) is 11.4 Å². The number of guanidine groups is 1. The maximum atomic E-state index is 11.6. The van der Waals surface area contributed by atoms with E-state index in [1.165, 1.54) is 4.88 Å². The van der Waals surface area contributed by atoms with Crippen LogP contribution in [0.4, 0.5) is 4.79 Å². The normalized spacial score (nSPS) is 12.4. The van der Waals surface area contributed by atoms with Crippen molar-refractivity contribution in [1.29, 1.82) is 0 Å². The largest absolute Gasteiger partial charge is 0.450 e. The minimum atomic E-state index is -0.405. The van der Waals surface area contributed by atoms with Crippen LogP contribution in [0.15, 0.2) is 22.5 Å². The molecule has 0 bridgehead atoms. The predicted octanol–water partition coefficient (Wildman–Crippen LogP) is 2.97. The number of nitrogens with zero attached hydrogens (tertiary/aromatic N) is 1. The number of hydrogen-bond donors (Lipinski definition) is 3. The summed E-state index contributed by atoms with van der Waals surface area (Å²) in [5.41, 5.74) is 5.88. The molecule has 1 amide bonds. The summed E-state index contributed by atoms with van der Waals surface area (Å²) < 4.78 is 4.92. The number of halogens is 1. The fourth-order valence-corrected chi connectivity index (χ4v) is 2.83. The quantitative estimate of drug-likeness (QED) is 0.296. The molecule has 0 saturated carbocycles. The van der Waals surface area contributed by atoms with Crippen LogP contribution in [0.1, 0.15) is 32.1 Å². The first-order valence-electron chi connectivity index (χ1n) is 8.00. The number of aliphatic imine (C=N–C) groups is 1. The lowest BCUT2D eigenvalue weighted by Gasteiger charge is -2.18. The van der Waals surface area contributed by atoms with Gasteiger partial charge in [-0.2, -0.15) is 0 Å². The second-order valence-corrected chi connectivity index (χ2v) is 6.71. The molecule has 1 aromatic rings. The van der Waals surface area contributed by atoms with Gasteiger partial charge in [0.05, 0.1) is 19.2 Å². The fraction of sp³-hybridized carbons (Fsp3) is 0.625. The van der Waals surface area contributed by atoms with Crippen molar-refractivity contribution in [3.63, 3.8) is 0 Å². The zero-order chi connectivity index (χ0) is 17.1. The summed E-state index contributed by atoms with van der Waals surface area (Å²) in [6, 6.07) is 4.06. The van der Waals surface area contributed by atoms with Crippen molar-refractivity contribution in [2.45, 2.75) is 39.7 Å². The number of carbonyl (C=O) groups excluding carboxylic acids is 1. The van der Waals surface area contributed by atoms with Crippen molar-refractivity contribution < 1.29 is 9.53 Å². The highest BCUT2D eigenvalue weighted by Gasteiger charge is 2.14. The van der Waals surface area contributed by atoms with Gasteiger partial charge in [-0.05, 0) is 37.1 Å². The summed E-state index contributed by atoms with van der Waals surface area (Å²) in [6.07, 6.45) is 1.34. The number of thiophene rings is 1. The van der Waals surface area contributed by atoms with Crippen LogP contribution in [0.2, 0.25) is 0 Å². The van der Waals surface area contributed by atoms with Gasteiger partial charge in [-0.1, -0.05) is 19.9 Å². The van der Waals surface area contributed by atoms with Gasteiger partial charge in [0.2, 0.25) is 0 Å². The second kappa shape index (κ2) is 13.3. The molecule has 1 heterocycles. The summed E-state index contributed by atoms with van der Waals surface area (Å²) >= 11 is 1.73. The summed E-state index contributed by atoms with van der Waals surface area (Å²) in [6.45, 7) is 7.53.